The Balaban J connectivity index is 1.83. The van der Waals surface area contributed by atoms with Gasteiger partial charge in [-0.15, -0.1) is 0 Å². The molecule has 0 spiro atoms. The molecule has 96 valence electrons. The molecule has 0 radical (unpaired) electrons. The highest BCUT2D eigenvalue weighted by Crippen LogP contribution is 2.20. The van der Waals surface area contributed by atoms with Crippen LogP contribution in [0.1, 0.15) is 5.56 Å². The van der Waals surface area contributed by atoms with Crippen LogP contribution in [0.15, 0.2) is 60.7 Å². The molecule has 1 unspecified atom stereocenters. The lowest BCUT2D eigenvalue weighted by molar-refractivity contribution is 0.555. The van der Waals surface area contributed by atoms with E-state index in [-0.39, 0.29) is 6.17 Å². The average molecular weight is 269 g/mol. The number of nitrogens with zero attached hydrogens (tertiary/aromatic N) is 1. The molecule has 1 atom stereocenters. The summed E-state index contributed by atoms with van der Waals surface area (Å²) in [7, 11) is 0. The predicted octanol–water partition coefficient (Wildman–Crippen LogP) is 2.45. The van der Waals surface area contributed by atoms with Gasteiger partial charge in [0.05, 0.1) is 0 Å². The van der Waals surface area contributed by atoms with Crippen molar-refractivity contribution < 1.29 is 0 Å². The van der Waals surface area contributed by atoms with Gasteiger partial charge in [0.15, 0.2) is 5.11 Å². The molecule has 1 fully saturated rings. The van der Waals surface area contributed by atoms with Gasteiger partial charge >= 0.3 is 0 Å². The van der Waals surface area contributed by atoms with E-state index in [9.17, 15) is 0 Å². The molecule has 0 amide bonds. The molecule has 4 heteroatoms. The van der Waals surface area contributed by atoms with Gasteiger partial charge in [-0.25, -0.2) is 5.43 Å². The first kappa shape index (κ1) is 12.1. The van der Waals surface area contributed by atoms with Gasteiger partial charge < -0.3 is 0 Å². The second-order valence-corrected chi connectivity index (χ2v) is 4.87. The SMILES string of the molecule is S=C1NNC(Cc2ccccc2)N1c1ccccc1. The molecule has 3 rings (SSSR count). The maximum Gasteiger partial charge on any atom is 0.189 e. The number of rotatable bonds is 3. The van der Waals surface area contributed by atoms with Gasteiger partial charge in [-0.05, 0) is 29.9 Å². The van der Waals surface area contributed by atoms with Crippen LogP contribution in [0.2, 0.25) is 0 Å². The minimum atomic E-state index is 0.136. The van der Waals surface area contributed by atoms with Crippen LogP contribution in [0.5, 0.6) is 0 Å². The Labute approximate surface area is 118 Å². The van der Waals surface area contributed by atoms with Crippen molar-refractivity contribution in [3.8, 4) is 0 Å². The second-order valence-electron chi connectivity index (χ2n) is 4.49. The molecule has 2 aromatic rings. The first-order chi connectivity index (χ1) is 9.34. The summed E-state index contributed by atoms with van der Waals surface area (Å²) in [5.41, 5.74) is 8.67. The molecular formula is C15H15N3S. The monoisotopic (exact) mass is 269 g/mol. The summed E-state index contributed by atoms with van der Waals surface area (Å²) in [4.78, 5) is 2.11. The lowest BCUT2D eigenvalue weighted by Crippen LogP contribution is -2.39. The number of benzene rings is 2. The van der Waals surface area contributed by atoms with E-state index in [0.29, 0.717) is 5.11 Å². The average Bonchev–Trinajstić information content (AvgIpc) is 2.82. The zero-order valence-corrected chi connectivity index (χ0v) is 11.2. The van der Waals surface area contributed by atoms with Gasteiger partial charge in [-0.3, -0.25) is 10.3 Å². The van der Waals surface area contributed by atoms with Crippen molar-refractivity contribution in [2.75, 3.05) is 4.90 Å². The molecule has 0 bridgehead atoms. The number of anilines is 1. The Morgan fingerprint density at radius 3 is 2.26 bits per heavy atom. The predicted molar refractivity (Wildman–Crippen MR) is 81.7 cm³/mol. The third kappa shape index (κ3) is 2.59. The van der Waals surface area contributed by atoms with E-state index >= 15 is 0 Å². The number of nitrogens with one attached hydrogen (secondary N) is 2. The third-order valence-electron chi connectivity index (χ3n) is 3.18. The van der Waals surface area contributed by atoms with Crippen molar-refractivity contribution >= 4 is 23.0 Å². The van der Waals surface area contributed by atoms with E-state index in [1.54, 1.807) is 0 Å². The second kappa shape index (κ2) is 5.38. The van der Waals surface area contributed by atoms with E-state index in [1.807, 2.05) is 24.3 Å². The summed E-state index contributed by atoms with van der Waals surface area (Å²) < 4.78 is 0. The largest absolute Gasteiger partial charge is 0.300 e. The number of hydrazine groups is 1. The molecule has 2 N–H and O–H groups in total. The van der Waals surface area contributed by atoms with E-state index in [0.717, 1.165) is 12.1 Å². The minimum Gasteiger partial charge on any atom is -0.300 e. The standard InChI is InChI=1S/C15H15N3S/c19-15-17-16-14(11-12-7-3-1-4-8-12)18(15)13-9-5-2-6-10-13/h1-10,14,16H,11H2,(H,17,19). The Hall–Kier alpha value is -1.91. The zero-order valence-electron chi connectivity index (χ0n) is 10.4. The zero-order chi connectivity index (χ0) is 13.1. The highest BCUT2D eigenvalue weighted by molar-refractivity contribution is 7.80. The first-order valence-electron chi connectivity index (χ1n) is 6.28. The van der Waals surface area contributed by atoms with E-state index in [2.05, 4.69) is 52.1 Å². The third-order valence-corrected chi connectivity index (χ3v) is 3.48. The quantitative estimate of drug-likeness (QED) is 0.837. The van der Waals surface area contributed by atoms with Crippen molar-refractivity contribution in [2.45, 2.75) is 12.6 Å². The van der Waals surface area contributed by atoms with Crippen LogP contribution in [0.4, 0.5) is 5.69 Å². The Morgan fingerprint density at radius 2 is 1.58 bits per heavy atom. The smallest absolute Gasteiger partial charge is 0.189 e. The fourth-order valence-corrected chi connectivity index (χ4v) is 2.57. The minimum absolute atomic E-state index is 0.136. The molecule has 1 aliphatic rings. The van der Waals surface area contributed by atoms with Gasteiger partial charge in [-0.1, -0.05) is 48.5 Å². The van der Waals surface area contributed by atoms with E-state index in [1.165, 1.54) is 5.56 Å². The number of para-hydroxylation sites is 1. The summed E-state index contributed by atoms with van der Waals surface area (Å²) in [5.74, 6) is 0. The molecule has 0 aromatic heterocycles. The van der Waals surface area contributed by atoms with Gasteiger partial charge in [0, 0.05) is 12.1 Å². The summed E-state index contributed by atoms with van der Waals surface area (Å²) in [6, 6.07) is 20.6. The lowest BCUT2D eigenvalue weighted by Gasteiger charge is -2.24. The Kier molecular flexibility index (Phi) is 3.44. The van der Waals surface area contributed by atoms with Crippen LogP contribution in [-0.4, -0.2) is 11.3 Å². The first-order valence-corrected chi connectivity index (χ1v) is 6.69. The Morgan fingerprint density at radius 1 is 0.947 bits per heavy atom. The molecule has 0 aliphatic carbocycles. The molecule has 19 heavy (non-hydrogen) atoms. The maximum absolute atomic E-state index is 5.37. The van der Waals surface area contributed by atoms with E-state index < -0.39 is 0 Å². The summed E-state index contributed by atoms with van der Waals surface area (Å²) in [6.07, 6.45) is 1.03. The van der Waals surface area contributed by atoms with Gasteiger partial charge in [0.2, 0.25) is 0 Å². The highest BCUT2D eigenvalue weighted by atomic mass is 32.1. The molecule has 0 saturated carbocycles. The summed E-state index contributed by atoms with van der Waals surface area (Å²) in [5, 5.41) is 0.715. The number of hydrogen-bond acceptors (Lipinski definition) is 2. The van der Waals surface area contributed by atoms with Crippen molar-refractivity contribution in [3.05, 3.63) is 66.2 Å². The van der Waals surface area contributed by atoms with Crippen molar-refractivity contribution in [1.82, 2.24) is 10.9 Å². The van der Waals surface area contributed by atoms with Crippen LogP contribution in [0.25, 0.3) is 0 Å². The van der Waals surface area contributed by atoms with E-state index in [4.69, 9.17) is 12.2 Å². The molecule has 3 nitrogen and oxygen atoms in total. The fourth-order valence-electron chi connectivity index (χ4n) is 2.28. The summed E-state index contributed by atoms with van der Waals surface area (Å²) >= 11 is 5.37. The molecule has 2 aromatic carbocycles. The normalized spacial score (nSPS) is 18.4. The van der Waals surface area contributed by atoms with Gasteiger partial charge in [0.25, 0.3) is 0 Å². The fraction of sp³-hybridized carbons (Fsp3) is 0.133. The van der Waals surface area contributed by atoms with Crippen LogP contribution in [0.3, 0.4) is 0 Å². The van der Waals surface area contributed by atoms with Crippen LogP contribution >= 0.6 is 12.2 Å². The van der Waals surface area contributed by atoms with Crippen molar-refractivity contribution in [1.29, 1.82) is 0 Å². The molecular weight excluding hydrogens is 254 g/mol. The van der Waals surface area contributed by atoms with Gasteiger partial charge in [0.1, 0.15) is 6.17 Å². The Bertz CT molecular complexity index is 556. The van der Waals surface area contributed by atoms with Crippen LogP contribution in [-0.2, 0) is 6.42 Å². The lowest BCUT2D eigenvalue weighted by atomic mass is 10.1. The summed E-state index contributed by atoms with van der Waals surface area (Å²) in [6.45, 7) is 0. The topological polar surface area (TPSA) is 27.3 Å². The molecule has 1 heterocycles. The molecule has 1 saturated heterocycles. The van der Waals surface area contributed by atoms with Gasteiger partial charge in [-0.2, -0.15) is 0 Å². The number of thiocarbonyl (C=S) groups is 1. The number of hydrogen-bond donors (Lipinski definition) is 2. The van der Waals surface area contributed by atoms with Crippen LogP contribution < -0.4 is 15.8 Å². The maximum atomic E-state index is 5.37. The molecule has 1 aliphatic heterocycles. The van der Waals surface area contributed by atoms with Crippen molar-refractivity contribution in [2.24, 2.45) is 0 Å². The van der Waals surface area contributed by atoms with Crippen molar-refractivity contribution in [3.63, 3.8) is 0 Å². The van der Waals surface area contributed by atoms with Crippen LogP contribution in [0, 0.1) is 0 Å². The highest BCUT2D eigenvalue weighted by Gasteiger charge is 2.28.